The number of benzene rings is 1. The number of rotatable bonds is 0. The molecule has 0 radical (unpaired) electrons. The quantitative estimate of drug-likeness (QED) is 0.599. The lowest BCUT2D eigenvalue weighted by molar-refractivity contribution is 0.479. The highest BCUT2D eigenvalue weighted by molar-refractivity contribution is 5.77. The van der Waals surface area contributed by atoms with E-state index in [1.165, 1.54) is 0 Å². The largest absolute Gasteiger partial charge is 0.464 e. The van der Waals surface area contributed by atoms with Crippen LogP contribution >= 0.6 is 0 Å². The number of ether oxygens (including phenoxy) is 1. The Balaban J connectivity index is 2.54. The smallest absolute Gasteiger partial charge is 0.134 e. The average molecular weight is 184 g/mol. The van der Waals surface area contributed by atoms with Gasteiger partial charge >= 0.3 is 0 Å². The van der Waals surface area contributed by atoms with Gasteiger partial charge in [-0.05, 0) is 30.2 Å². The number of para-hydroxylation sites is 1. The molecule has 1 aromatic carbocycles. The van der Waals surface area contributed by atoms with E-state index >= 15 is 0 Å². The summed E-state index contributed by atoms with van der Waals surface area (Å²) < 4.78 is 5.49. The molecule has 70 valence electrons. The SMILES string of the molecule is C=C1/C=C(C)\C=C/Oc2ccccc21. The monoisotopic (exact) mass is 184 g/mol. The Morgan fingerprint density at radius 2 is 2.00 bits per heavy atom. The molecule has 0 atom stereocenters. The predicted molar refractivity (Wildman–Crippen MR) is 59.0 cm³/mol. The fraction of sp³-hybridized carbons (Fsp3) is 0.0769. The van der Waals surface area contributed by atoms with Crippen LogP contribution in [0.5, 0.6) is 5.75 Å². The molecule has 0 unspecified atom stereocenters. The van der Waals surface area contributed by atoms with Crippen molar-refractivity contribution in [1.82, 2.24) is 0 Å². The standard InChI is InChI=1S/C13H12O/c1-10-7-8-14-13-6-4-3-5-12(13)11(2)9-10/h3-9H,2H2,1H3/b8-7-,10-9-. The van der Waals surface area contributed by atoms with Crippen LogP contribution in [0, 0.1) is 0 Å². The first-order valence-electron chi connectivity index (χ1n) is 4.57. The normalized spacial score (nSPS) is 20.9. The highest BCUT2D eigenvalue weighted by atomic mass is 16.5. The second kappa shape index (κ2) is 3.54. The van der Waals surface area contributed by atoms with Crippen molar-refractivity contribution in [2.75, 3.05) is 0 Å². The minimum atomic E-state index is 0.859. The molecule has 0 saturated heterocycles. The van der Waals surface area contributed by atoms with Crippen LogP contribution in [0.3, 0.4) is 0 Å². The van der Waals surface area contributed by atoms with Crippen LogP contribution in [0.15, 0.2) is 54.8 Å². The van der Waals surface area contributed by atoms with Crippen LogP contribution in [-0.2, 0) is 0 Å². The molecule has 14 heavy (non-hydrogen) atoms. The molecule has 1 heteroatoms. The van der Waals surface area contributed by atoms with Gasteiger partial charge in [-0.25, -0.2) is 0 Å². The van der Waals surface area contributed by atoms with E-state index in [-0.39, 0.29) is 0 Å². The molecule has 0 aromatic heterocycles. The van der Waals surface area contributed by atoms with E-state index in [0.717, 1.165) is 22.5 Å². The highest BCUT2D eigenvalue weighted by Gasteiger charge is 2.05. The molecule has 0 fully saturated rings. The van der Waals surface area contributed by atoms with Gasteiger partial charge in [-0.2, -0.15) is 0 Å². The third kappa shape index (κ3) is 1.62. The van der Waals surface area contributed by atoms with Crippen molar-refractivity contribution in [3.8, 4) is 5.75 Å². The van der Waals surface area contributed by atoms with Crippen molar-refractivity contribution >= 4 is 5.57 Å². The third-order valence-electron chi connectivity index (χ3n) is 2.16. The van der Waals surface area contributed by atoms with Gasteiger partial charge < -0.3 is 4.74 Å². The van der Waals surface area contributed by atoms with Gasteiger partial charge in [0.1, 0.15) is 5.75 Å². The Morgan fingerprint density at radius 1 is 1.21 bits per heavy atom. The first-order valence-corrected chi connectivity index (χ1v) is 4.57. The topological polar surface area (TPSA) is 9.23 Å². The summed E-state index contributed by atoms with van der Waals surface area (Å²) in [5.41, 5.74) is 3.18. The average Bonchev–Trinajstić information content (AvgIpc) is 2.16. The first-order chi connectivity index (χ1) is 6.77. The third-order valence-corrected chi connectivity index (χ3v) is 2.16. The van der Waals surface area contributed by atoms with Gasteiger partial charge in [0, 0.05) is 5.56 Å². The number of fused-ring (bicyclic) bond motifs is 1. The molecule has 1 aliphatic heterocycles. The minimum absolute atomic E-state index is 0.859. The van der Waals surface area contributed by atoms with Crippen molar-refractivity contribution in [1.29, 1.82) is 0 Å². The van der Waals surface area contributed by atoms with E-state index in [4.69, 9.17) is 4.74 Å². The molecule has 0 amide bonds. The molecule has 1 nitrogen and oxygen atoms in total. The summed E-state index contributed by atoms with van der Waals surface area (Å²) in [6, 6.07) is 7.90. The second-order valence-electron chi connectivity index (χ2n) is 3.33. The molecule has 1 aromatic rings. The summed E-state index contributed by atoms with van der Waals surface area (Å²) in [7, 11) is 0. The Labute approximate surface area is 84.0 Å². The minimum Gasteiger partial charge on any atom is -0.464 e. The van der Waals surface area contributed by atoms with E-state index in [0.29, 0.717) is 0 Å². The molecule has 0 N–H and O–H groups in total. The van der Waals surface area contributed by atoms with Crippen molar-refractivity contribution in [2.45, 2.75) is 6.92 Å². The summed E-state index contributed by atoms with van der Waals surface area (Å²) in [6.07, 6.45) is 5.69. The maximum atomic E-state index is 5.49. The molecule has 1 aliphatic rings. The number of allylic oxidation sites excluding steroid dienone is 4. The lowest BCUT2D eigenvalue weighted by Gasteiger charge is -2.11. The molecule has 0 saturated carbocycles. The summed E-state index contributed by atoms with van der Waals surface area (Å²) >= 11 is 0. The van der Waals surface area contributed by atoms with Gasteiger partial charge in [0.15, 0.2) is 0 Å². The van der Waals surface area contributed by atoms with Gasteiger partial charge in [0.2, 0.25) is 0 Å². The highest BCUT2D eigenvalue weighted by Crippen LogP contribution is 2.28. The van der Waals surface area contributed by atoms with Crippen LogP contribution in [0.2, 0.25) is 0 Å². The van der Waals surface area contributed by atoms with Crippen molar-refractivity contribution in [2.24, 2.45) is 0 Å². The zero-order chi connectivity index (χ0) is 9.97. The fourth-order valence-electron chi connectivity index (χ4n) is 1.45. The second-order valence-corrected chi connectivity index (χ2v) is 3.33. The van der Waals surface area contributed by atoms with Gasteiger partial charge in [-0.1, -0.05) is 30.9 Å². The van der Waals surface area contributed by atoms with Crippen molar-refractivity contribution < 1.29 is 4.74 Å². The molecular formula is C13H12O. The van der Waals surface area contributed by atoms with E-state index in [1.54, 1.807) is 6.26 Å². The zero-order valence-electron chi connectivity index (χ0n) is 8.16. The first kappa shape index (κ1) is 8.82. The van der Waals surface area contributed by atoms with Crippen LogP contribution in [0.1, 0.15) is 12.5 Å². The van der Waals surface area contributed by atoms with Crippen molar-refractivity contribution in [3.63, 3.8) is 0 Å². The molecule has 0 spiro atoms. The Kier molecular flexibility index (Phi) is 2.23. The van der Waals surface area contributed by atoms with Crippen LogP contribution in [0.4, 0.5) is 0 Å². The van der Waals surface area contributed by atoms with Crippen molar-refractivity contribution in [3.05, 3.63) is 60.4 Å². The zero-order valence-corrected chi connectivity index (χ0v) is 8.16. The molecule has 1 heterocycles. The van der Waals surface area contributed by atoms with Gasteiger partial charge in [0.05, 0.1) is 6.26 Å². The van der Waals surface area contributed by atoms with E-state index < -0.39 is 0 Å². The summed E-state index contributed by atoms with van der Waals surface area (Å²) in [5.74, 6) is 0.859. The van der Waals surface area contributed by atoms with Crippen LogP contribution in [0.25, 0.3) is 5.57 Å². The maximum absolute atomic E-state index is 5.49. The van der Waals surface area contributed by atoms with E-state index in [9.17, 15) is 0 Å². The van der Waals surface area contributed by atoms with Crippen LogP contribution in [-0.4, -0.2) is 0 Å². The Morgan fingerprint density at radius 3 is 2.86 bits per heavy atom. The van der Waals surface area contributed by atoms with E-state index in [2.05, 4.69) is 12.7 Å². The van der Waals surface area contributed by atoms with Gasteiger partial charge in [0.25, 0.3) is 0 Å². The lowest BCUT2D eigenvalue weighted by Crippen LogP contribution is -1.91. The molecule has 2 rings (SSSR count). The molecular weight excluding hydrogens is 172 g/mol. The summed E-state index contributed by atoms with van der Waals surface area (Å²) in [4.78, 5) is 0. The predicted octanol–water partition coefficient (Wildman–Crippen LogP) is 3.55. The van der Waals surface area contributed by atoms with Gasteiger partial charge in [-0.3, -0.25) is 0 Å². The summed E-state index contributed by atoms with van der Waals surface area (Å²) in [5, 5.41) is 0. The maximum Gasteiger partial charge on any atom is 0.134 e. The van der Waals surface area contributed by atoms with Gasteiger partial charge in [-0.15, -0.1) is 0 Å². The Hall–Kier alpha value is -1.76. The number of hydrogen-bond donors (Lipinski definition) is 0. The van der Waals surface area contributed by atoms with Crippen LogP contribution < -0.4 is 4.74 Å². The Bertz CT molecular complexity index is 425. The molecule has 0 aliphatic carbocycles. The summed E-state index contributed by atoms with van der Waals surface area (Å²) in [6.45, 7) is 6.04. The molecule has 0 bridgehead atoms. The number of hydrogen-bond acceptors (Lipinski definition) is 1. The fourth-order valence-corrected chi connectivity index (χ4v) is 1.45. The lowest BCUT2D eigenvalue weighted by atomic mass is 10.0. The van der Waals surface area contributed by atoms with E-state index in [1.807, 2.05) is 37.3 Å².